The van der Waals surface area contributed by atoms with Crippen LogP contribution < -0.4 is 5.32 Å². The van der Waals surface area contributed by atoms with Gasteiger partial charge in [0.25, 0.3) is 0 Å². The van der Waals surface area contributed by atoms with Gasteiger partial charge in [0.05, 0.1) is 0 Å². The van der Waals surface area contributed by atoms with Crippen molar-refractivity contribution in [2.45, 2.75) is 33.9 Å². The smallest absolute Gasteiger partial charge is 0.312 e. The molecule has 0 saturated carbocycles. The van der Waals surface area contributed by atoms with Crippen LogP contribution in [-0.4, -0.2) is 19.3 Å². The summed E-state index contributed by atoms with van der Waals surface area (Å²) in [5.74, 6) is 0. The van der Waals surface area contributed by atoms with E-state index in [9.17, 15) is 13.2 Å². The van der Waals surface area contributed by atoms with Crippen molar-refractivity contribution in [2.75, 3.05) is 13.1 Å². The van der Waals surface area contributed by atoms with Crippen LogP contribution in [0.5, 0.6) is 0 Å². The van der Waals surface area contributed by atoms with Crippen LogP contribution in [0.4, 0.5) is 13.2 Å². The quantitative estimate of drug-likeness (QED) is 0.730. The molecule has 0 aliphatic carbocycles. The van der Waals surface area contributed by atoms with Crippen molar-refractivity contribution in [3.63, 3.8) is 0 Å². The zero-order valence-electron chi connectivity index (χ0n) is 11.5. The summed E-state index contributed by atoms with van der Waals surface area (Å²) in [6.07, 6.45) is -0.327. The number of rotatable bonds is 5. The molecule has 0 unspecified atom stereocenters. The van der Waals surface area contributed by atoms with Crippen molar-refractivity contribution < 1.29 is 13.2 Å². The standard InChI is InChI=1S/C14H22F3N/c1-11(9-18-10-13(3,4)5)7-6-8-12(2)14(15,16)17/h6-8,18H,2,9-10H2,1,3-5H3/b8-6-,11-7+. The first-order chi connectivity index (χ1) is 8.02. The van der Waals surface area contributed by atoms with E-state index in [1.54, 1.807) is 6.08 Å². The van der Waals surface area contributed by atoms with Crippen LogP contribution in [0, 0.1) is 5.41 Å². The maximum absolute atomic E-state index is 12.1. The minimum absolute atomic E-state index is 0.195. The van der Waals surface area contributed by atoms with E-state index >= 15 is 0 Å². The second-order valence-corrected chi connectivity index (χ2v) is 5.56. The van der Waals surface area contributed by atoms with E-state index < -0.39 is 11.7 Å². The summed E-state index contributed by atoms with van der Waals surface area (Å²) < 4.78 is 36.4. The lowest BCUT2D eigenvalue weighted by atomic mass is 9.97. The van der Waals surface area contributed by atoms with E-state index in [2.05, 4.69) is 32.7 Å². The van der Waals surface area contributed by atoms with Gasteiger partial charge in [-0.25, -0.2) is 0 Å². The predicted octanol–water partition coefficient (Wildman–Crippen LogP) is 4.24. The van der Waals surface area contributed by atoms with Crippen LogP contribution in [0.1, 0.15) is 27.7 Å². The van der Waals surface area contributed by atoms with Crippen LogP contribution in [0.25, 0.3) is 0 Å². The number of nitrogens with one attached hydrogen (secondary N) is 1. The molecule has 0 aromatic rings. The van der Waals surface area contributed by atoms with E-state index in [0.717, 1.165) is 18.2 Å². The van der Waals surface area contributed by atoms with Crippen molar-refractivity contribution in [3.05, 3.63) is 36.0 Å². The maximum atomic E-state index is 12.1. The SMILES string of the molecule is C=C(/C=C\C=C(/C)CNCC(C)(C)C)C(F)(F)F. The fourth-order valence-corrected chi connectivity index (χ4v) is 1.12. The molecule has 0 aliphatic heterocycles. The normalized spacial score (nSPS) is 14.3. The van der Waals surface area contributed by atoms with Crippen molar-refractivity contribution in [1.29, 1.82) is 0 Å². The van der Waals surface area contributed by atoms with Gasteiger partial charge in [0.1, 0.15) is 0 Å². The monoisotopic (exact) mass is 261 g/mol. The Labute approximate surface area is 107 Å². The third-order valence-corrected chi connectivity index (χ3v) is 2.10. The van der Waals surface area contributed by atoms with E-state index in [1.165, 1.54) is 6.08 Å². The summed E-state index contributed by atoms with van der Waals surface area (Å²) in [7, 11) is 0. The minimum atomic E-state index is -4.34. The first-order valence-corrected chi connectivity index (χ1v) is 5.83. The predicted molar refractivity (Wildman–Crippen MR) is 70.4 cm³/mol. The Kier molecular flexibility index (Phi) is 6.39. The summed E-state index contributed by atoms with van der Waals surface area (Å²) in [6, 6.07) is 0. The second-order valence-electron chi connectivity index (χ2n) is 5.56. The lowest BCUT2D eigenvalue weighted by Crippen LogP contribution is -2.28. The molecule has 18 heavy (non-hydrogen) atoms. The minimum Gasteiger partial charge on any atom is -0.312 e. The molecular weight excluding hydrogens is 239 g/mol. The van der Waals surface area contributed by atoms with Crippen LogP contribution >= 0.6 is 0 Å². The van der Waals surface area contributed by atoms with Crippen molar-refractivity contribution >= 4 is 0 Å². The maximum Gasteiger partial charge on any atom is 0.415 e. The topological polar surface area (TPSA) is 12.0 Å². The molecule has 4 heteroatoms. The number of allylic oxidation sites excluding steroid dienone is 4. The first kappa shape index (κ1) is 17.0. The van der Waals surface area contributed by atoms with Crippen LogP contribution in [0.15, 0.2) is 36.0 Å². The average molecular weight is 261 g/mol. The summed E-state index contributed by atoms with van der Waals surface area (Å²) in [5, 5.41) is 3.25. The second kappa shape index (κ2) is 6.78. The highest BCUT2D eigenvalue weighted by atomic mass is 19.4. The Morgan fingerprint density at radius 1 is 1.22 bits per heavy atom. The molecule has 0 atom stereocenters. The van der Waals surface area contributed by atoms with Gasteiger partial charge >= 0.3 is 6.18 Å². The van der Waals surface area contributed by atoms with Crippen molar-refractivity contribution in [2.24, 2.45) is 5.41 Å². The molecule has 0 aromatic carbocycles. The van der Waals surface area contributed by atoms with Crippen LogP contribution in [0.2, 0.25) is 0 Å². The third-order valence-electron chi connectivity index (χ3n) is 2.10. The molecule has 0 aliphatic rings. The van der Waals surface area contributed by atoms with E-state index in [-0.39, 0.29) is 5.41 Å². The van der Waals surface area contributed by atoms with E-state index in [4.69, 9.17) is 0 Å². The Bertz CT molecular complexity index is 330. The number of hydrogen-bond donors (Lipinski definition) is 1. The molecule has 104 valence electrons. The van der Waals surface area contributed by atoms with Gasteiger partial charge in [-0.15, -0.1) is 0 Å². The van der Waals surface area contributed by atoms with Gasteiger partial charge in [0, 0.05) is 18.7 Å². The highest BCUT2D eigenvalue weighted by molar-refractivity contribution is 5.24. The fraction of sp³-hybridized carbons (Fsp3) is 0.571. The van der Waals surface area contributed by atoms with Gasteiger partial charge in [-0.1, -0.05) is 51.2 Å². The Morgan fingerprint density at radius 3 is 2.22 bits per heavy atom. The van der Waals surface area contributed by atoms with Gasteiger partial charge in [-0.2, -0.15) is 13.2 Å². The Hall–Kier alpha value is -1.03. The average Bonchev–Trinajstić information content (AvgIpc) is 2.13. The Morgan fingerprint density at radius 2 is 1.78 bits per heavy atom. The van der Waals surface area contributed by atoms with E-state index in [1.807, 2.05) is 6.92 Å². The zero-order chi connectivity index (χ0) is 14.4. The van der Waals surface area contributed by atoms with Crippen molar-refractivity contribution in [1.82, 2.24) is 5.32 Å². The molecular formula is C14H22F3N. The molecule has 1 N–H and O–H groups in total. The first-order valence-electron chi connectivity index (χ1n) is 5.83. The van der Waals surface area contributed by atoms with Crippen LogP contribution in [0.3, 0.4) is 0 Å². The summed E-state index contributed by atoms with van der Waals surface area (Å²) >= 11 is 0. The third kappa shape index (κ3) is 9.05. The van der Waals surface area contributed by atoms with Gasteiger partial charge in [-0.05, 0) is 12.3 Å². The summed E-state index contributed by atoms with van der Waals surface area (Å²) in [4.78, 5) is 0. The van der Waals surface area contributed by atoms with Gasteiger partial charge < -0.3 is 5.32 Å². The lowest BCUT2D eigenvalue weighted by molar-refractivity contribution is -0.0878. The van der Waals surface area contributed by atoms with Gasteiger partial charge in [-0.3, -0.25) is 0 Å². The lowest BCUT2D eigenvalue weighted by Gasteiger charge is -2.18. The highest BCUT2D eigenvalue weighted by Gasteiger charge is 2.29. The van der Waals surface area contributed by atoms with Gasteiger partial charge in [0.15, 0.2) is 0 Å². The molecule has 0 aromatic heterocycles. The molecule has 0 saturated heterocycles. The molecule has 0 amide bonds. The van der Waals surface area contributed by atoms with Crippen molar-refractivity contribution in [3.8, 4) is 0 Å². The molecule has 0 heterocycles. The largest absolute Gasteiger partial charge is 0.415 e. The molecule has 0 fully saturated rings. The zero-order valence-corrected chi connectivity index (χ0v) is 11.5. The summed E-state index contributed by atoms with van der Waals surface area (Å²) in [5.41, 5.74) is 0.334. The Balaban J connectivity index is 4.13. The highest BCUT2D eigenvalue weighted by Crippen LogP contribution is 2.24. The number of alkyl halides is 3. The number of halogens is 3. The molecule has 0 bridgehead atoms. The number of hydrogen-bond acceptors (Lipinski definition) is 1. The molecule has 0 rings (SSSR count). The van der Waals surface area contributed by atoms with Crippen LogP contribution in [-0.2, 0) is 0 Å². The molecule has 0 spiro atoms. The van der Waals surface area contributed by atoms with E-state index in [0.29, 0.717) is 6.54 Å². The summed E-state index contributed by atoms with van der Waals surface area (Å²) in [6.45, 7) is 12.7. The molecule has 0 radical (unpaired) electrons. The fourth-order valence-electron chi connectivity index (χ4n) is 1.12. The molecule has 1 nitrogen and oxygen atoms in total. The van der Waals surface area contributed by atoms with Gasteiger partial charge in [0.2, 0.25) is 0 Å².